The summed E-state index contributed by atoms with van der Waals surface area (Å²) >= 11 is 0. The van der Waals surface area contributed by atoms with Crippen LogP contribution in [0.5, 0.6) is 5.75 Å². The number of nitrogens with one attached hydrogen (secondary N) is 2. The second-order valence-electron chi connectivity index (χ2n) is 15.4. The van der Waals surface area contributed by atoms with E-state index in [1.165, 1.54) is 12.1 Å². The SMILES string of the molecule is O=C(CCc1ccc(C(=O)N2CC(C(=O)O[C@H]3CN4CCC3CC4)(c3ccccc3)C2)cc1)c1ccc(CNC[C@H](O)c2ccc(O)c3[nH]c(=O)ccc23)cc1. The molecule has 56 heavy (non-hydrogen) atoms. The normalized spacial score (nSPS) is 20.3. The molecular weight excluding hydrogens is 709 g/mol. The molecule has 4 fully saturated rings. The van der Waals surface area contributed by atoms with E-state index in [1.807, 2.05) is 54.6 Å². The van der Waals surface area contributed by atoms with Gasteiger partial charge in [0, 0.05) is 61.7 Å². The quantitative estimate of drug-likeness (QED) is 0.0972. The Morgan fingerprint density at radius 2 is 1.55 bits per heavy atom. The van der Waals surface area contributed by atoms with Crippen molar-refractivity contribution in [3.05, 3.63) is 147 Å². The monoisotopic (exact) mass is 754 g/mol. The molecular formula is C45H46N4O7. The zero-order valence-electron chi connectivity index (χ0n) is 31.2. The number of piperidine rings is 3. The van der Waals surface area contributed by atoms with E-state index in [-0.39, 0.29) is 60.2 Å². The van der Waals surface area contributed by atoms with Gasteiger partial charge in [0.1, 0.15) is 17.3 Å². The number of pyridine rings is 1. The van der Waals surface area contributed by atoms with Gasteiger partial charge >= 0.3 is 5.97 Å². The molecule has 11 heteroatoms. The van der Waals surface area contributed by atoms with Gasteiger partial charge in [0.25, 0.3) is 5.91 Å². The van der Waals surface area contributed by atoms with Gasteiger partial charge in [-0.25, -0.2) is 0 Å². The van der Waals surface area contributed by atoms with Crippen LogP contribution in [0, 0.1) is 5.92 Å². The van der Waals surface area contributed by atoms with Crippen molar-refractivity contribution in [3.63, 3.8) is 0 Å². The van der Waals surface area contributed by atoms with Crippen LogP contribution in [0.2, 0.25) is 0 Å². The number of hydrogen-bond donors (Lipinski definition) is 4. The van der Waals surface area contributed by atoms with Crippen molar-refractivity contribution in [2.24, 2.45) is 5.92 Å². The number of aromatic amines is 1. The summed E-state index contributed by atoms with van der Waals surface area (Å²) in [5.74, 6) is -0.0159. The van der Waals surface area contributed by atoms with Gasteiger partial charge in [0.05, 0.1) is 11.6 Å². The molecule has 288 valence electrons. The zero-order valence-corrected chi connectivity index (χ0v) is 31.2. The molecule has 4 aromatic carbocycles. The standard InChI is InChI=1S/C45H46N4O7/c50-37(31-11-8-30(9-12-31)24-46-25-39(52)35-15-18-38(51)42-36(35)16-19-41(53)47-42)17-10-29-6-13-33(14-7-29)43(54)49-27-45(28-49,34-4-2-1-3-5-34)44(55)56-40-26-48-22-20-32(40)21-23-48/h1-9,11-16,18-19,32,39-40,46,51-52H,10,17,20-28H2,(H,47,53)/t39-,40-/m0/s1. The molecule has 1 amide bonds. The summed E-state index contributed by atoms with van der Waals surface area (Å²) < 4.78 is 6.20. The van der Waals surface area contributed by atoms with Crippen LogP contribution in [0.3, 0.4) is 0 Å². The van der Waals surface area contributed by atoms with Crippen molar-refractivity contribution in [1.82, 2.24) is 20.1 Å². The summed E-state index contributed by atoms with van der Waals surface area (Å²) in [4.78, 5) is 58.8. The first-order valence-corrected chi connectivity index (χ1v) is 19.4. The highest BCUT2D eigenvalue weighted by atomic mass is 16.5. The molecule has 4 N–H and O–H groups in total. The Balaban J connectivity index is 0.814. The Kier molecular flexibility index (Phi) is 10.6. The highest BCUT2D eigenvalue weighted by Crippen LogP contribution is 2.39. The van der Waals surface area contributed by atoms with E-state index in [0.717, 1.165) is 49.2 Å². The summed E-state index contributed by atoms with van der Waals surface area (Å²) in [7, 11) is 0. The number of aromatic nitrogens is 1. The molecule has 0 radical (unpaired) electrons. The number of aryl methyl sites for hydroxylation is 1. The summed E-state index contributed by atoms with van der Waals surface area (Å²) in [6, 6.07) is 30.4. The molecule has 11 nitrogen and oxygen atoms in total. The van der Waals surface area contributed by atoms with E-state index in [0.29, 0.717) is 47.4 Å². The number of hydrogen-bond acceptors (Lipinski definition) is 9. The van der Waals surface area contributed by atoms with Crippen LogP contribution in [-0.4, -0.2) is 88.0 Å². The van der Waals surface area contributed by atoms with E-state index in [4.69, 9.17) is 4.74 Å². The minimum absolute atomic E-state index is 0.0142. The Bertz CT molecular complexity index is 2280. The number of likely N-dealkylation sites (tertiary alicyclic amines) is 1. The zero-order chi connectivity index (χ0) is 38.8. The first kappa shape index (κ1) is 37.3. The molecule has 4 aliphatic rings. The number of benzene rings is 4. The van der Waals surface area contributed by atoms with Crippen LogP contribution in [0.25, 0.3) is 10.9 Å². The van der Waals surface area contributed by atoms with Gasteiger partial charge in [-0.1, -0.05) is 72.8 Å². The number of carbonyl (C=O) groups is 3. The fourth-order valence-corrected chi connectivity index (χ4v) is 8.45. The first-order chi connectivity index (χ1) is 27.2. The molecule has 4 saturated heterocycles. The van der Waals surface area contributed by atoms with Gasteiger partial charge in [-0.3, -0.25) is 24.1 Å². The number of phenols is 1. The molecule has 0 unspecified atom stereocenters. The molecule has 5 heterocycles. The molecule has 2 atom stereocenters. The maximum absolute atomic E-state index is 13.8. The lowest BCUT2D eigenvalue weighted by Gasteiger charge is -2.50. The second kappa shape index (κ2) is 15.9. The lowest BCUT2D eigenvalue weighted by molar-refractivity contribution is -0.171. The fourth-order valence-electron chi connectivity index (χ4n) is 8.45. The lowest BCUT2D eigenvalue weighted by atomic mass is 9.73. The number of H-pyrrole nitrogens is 1. The Hall–Kier alpha value is -5.62. The van der Waals surface area contributed by atoms with Crippen molar-refractivity contribution < 1.29 is 29.3 Å². The van der Waals surface area contributed by atoms with Gasteiger partial charge in [-0.2, -0.15) is 0 Å². The van der Waals surface area contributed by atoms with Gasteiger partial charge in [0.2, 0.25) is 5.56 Å². The number of aliphatic hydroxyl groups is 1. The van der Waals surface area contributed by atoms with E-state index in [1.54, 1.807) is 41.3 Å². The smallest absolute Gasteiger partial charge is 0.320 e. The van der Waals surface area contributed by atoms with Crippen LogP contribution in [0.1, 0.15) is 68.3 Å². The number of ether oxygens (including phenoxy) is 1. The summed E-state index contributed by atoms with van der Waals surface area (Å²) in [5.41, 5.74) is 3.57. The molecule has 5 aromatic rings. The highest BCUT2D eigenvalue weighted by molar-refractivity contribution is 5.98. The molecule has 0 saturated carbocycles. The number of rotatable bonds is 13. The molecule has 4 aliphatic heterocycles. The van der Waals surface area contributed by atoms with E-state index < -0.39 is 11.5 Å². The van der Waals surface area contributed by atoms with Gasteiger partial charge in [0.15, 0.2) is 5.78 Å². The molecule has 9 rings (SSSR count). The second-order valence-corrected chi connectivity index (χ2v) is 15.4. The highest BCUT2D eigenvalue weighted by Gasteiger charge is 2.55. The molecule has 1 aromatic heterocycles. The van der Waals surface area contributed by atoms with Crippen LogP contribution in [0.4, 0.5) is 0 Å². The van der Waals surface area contributed by atoms with E-state index in [9.17, 15) is 29.4 Å². The topological polar surface area (TPSA) is 152 Å². The average Bonchev–Trinajstić information content (AvgIpc) is 3.21. The number of carbonyl (C=O) groups excluding carboxylic acids is 3. The number of amides is 1. The predicted octanol–water partition coefficient (Wildman–Crippen LogP) is 4.90. The molecule has 0 spiro atoms. The maximum atomic E-state index is 13.8. The largest absolute Gasteiger partial charge is 0.506 e. The van der Waals surface area contributed by atoms with Crippen LogP contribution in [-0.2, 0) is 27.9 Å². The van der Waals surface area contributed by atoms with Gasteiger partial charge in [-0.05, 0) is 84.8 Å². The third-order valence-corrected chi connectivity index (χ3v) is 11.8. The van der Waals surface area contributed by atoms with E-state index >= 15 is 0 Å². The third kappa shape index (κ3) is 7.62. The first-order valence-electron chi connectivity index (χ1n) is 19.4. The van der Waals surface area contributed by atoms with Crippen molar-refractivity contribution in [2.45, 2.75) is 49.9 Å². The summed E-state index contributed by atoms with van der Waals surface area (Å²) in [6.45, 7) is 4.17. The summed E-state index contributed by atoms with van der Waals surface area (Å²) in [5, 5.41) is 24.7. The lowest BCUT2D eigenvalue weighted by Crippen LogP contribution is -2.66. The molecule has 0 aliphatic carbocycles. The van der Waals surface area contributed by atoms with Crippen LogP contribution < -0.4 is 10.9 Å². The van der Waals surface area contributed by atoms with E-state index in [2.05, 4.69) is 15.2 Å². The number of fused-ring (bicyclic) bond motifs is 4. The number of esters is 1. The number of nitrogens with zero attached hydrogens (tertiary/aromatic N) is 2. The Labute approximate surface area is 324 Å². The summed E-state index contributed by atoms with van der Waals surface area (Å²) in [6.07, 6.45) is 1.99. The van der Waals surface area contributed by atoms with Crippen molar-refractivity contribution in [3.8, 4) is 5.75 Å². The minimum Gasteiger partial charge on any atom is -0.506 e. The van der Waals surface area contributed by atoms with Crippen molar-refractivity contribution in [2.75, 3.05) is 39.3 Å². The predicted molar refractivity (Wildman–Crippen MR) is 212 cm³/mol. The fraction of sp³-hybridized carbons (Fsp3) is 0.333. The average molecular weight is 755 g/mol. The van der Waals surface area contributed by atoms with Crippen molar-refractivity contribution >= 4 is 28.6 Å². The third-order valence-electron chi connectivity index (χ3n) is 11.8. The van der Waals surface area contributed by atoms with Crippen molar-refractivity contribution in [1.29, 1.82) is 0 Å². The number of phenolic OH excluding ortho intramolecular Hbond substituents is 1. The maximum Gasteiger partial charge on any atom is 0.320 e. The molecule has 2 bridgehead atoms. The van der Waals surface area contributed by atoms with Gasteiger partial charge < -0.3 is 30.2 Å². The number of aromatic hydroxyl groups is 1. The van der Waals surface area contributed by atoms with Crippen LogP contribution in [0.15, 0.2) is 108 Å². The number of ketones is 1. The minimum atomic E-state index is -0.880. The number of Topliss-reactive ketones (excluding diaryl/α,β-unsaturated/α-hetero) is 1. The van der Waals surface area contributed by atoms with Crippen LogP contribution >= 0.6 is 0 Å². The Morgan fingerprint density at radius 1 is 0.857 bits per heavy atom. The number of aliphatic hydroxyl groups excluding tert-OH is 1. The Morgan fingerprint density at radius 3 is 2.25 bits per heavy atom. The van der Waals surface area contributed by atoms with Gasteiger partial charge in [-0.15, -0.1) is 0 Å².